The van der Waals surface area contributed by atoms with E-state index < -0.39 is 0 Å². The summed E-state index contributed by atoms with van der Waals surface area (Å²) in [4.78, 5) is 0. The second kappa shape index (κ2) is 6.16. The van der Waals surface area contributed by atoms with Gasteiger partial charge in [-0.25, -0.2) is 0 Å². The lowest BCUT2D eigenvalue weighted by Crippen LogP contribution is -2.41. The van der Waals surface area contributed by atoms with Crippen molar-refractivity contribution in [2.24, 2.45) is 7.05 Å². The highest BCUT2D eigenvalue weighted by Gasteiger charge is 2.30. The molecule has 1 saturated heterocycles. The topological polar surface area (TPSA) is 39.1 Å². The molecule has 1 aromatic heterocycles. The van der Waals surface area contributed by atoms with Crippen LogP contribution < -0.4 is 5.32 Å². The van der Waals surface area contributed by atoms with Crippen molar-refractivity contribution in [3.8, 4) is 0 Å². The van der Waals surface area contributed by atoms with E-state index >= 15 is 0 Å². The number of fused-ring (bicyclic) bond motifs is 1. The summed E-state index contributed by atoms with van der Waals surface area (Å²) in [6, 6.07) is 8.79. The van der Waals surface area contributed by atoms with Gasteiger partial charge in [-0.3, -0.25) is 4.68 Å². The smallest absolute Gasteiger partial charge is 0.0736 e. The molecule has 3 atom stereocenters. The standard InChI is InChI=1S/C17H25N3O/c1-4-18-15(17-10-9-12(2)21-17)11-14-13-7-5-6-8-16(13)20(3)19-14/h5-8,12,15,17-18H,4,9-11H2,1-3H3. The first-order chi connectivity index (χ1) is 10.2. The molecule has 114 valence electrons. The first-order valence-electron chi connectivity index (χ1n) is 7.98. The minimum atomic E-state index is 0.306. The Morgan fingerprint density at radius 1 is 1.38 bits per heavy atom. The molecule has 2 aromatic rings. The molecule has 0 aliphatic carbocycles. The lowest BCUT2D eigenvalue weighted by Gasteiger charge is -2.24. The number of likely N-dealkylation sites (N-methyl/N-ethyl adjacent to an activating group) is 1. The fourth-order valence-electron chi connectivity index (χ4n) is 3.37. The van der Waals surface area contributed by atoms with E-state index in [2.05, 4.69) is 43.4 Å². The number of nitrogens with zero attached hydrogens (tertiary/aromatic N) is 2. The van der Waals surface area contributed by atoms with Gasteiger partial charge in [-0.15, -0.1) is 0 Å². The Kier molecular flexibility index (Phi) is 4.27. The molecular weight excluding hydrogens is 262 g/mol. The van der Waals surface area contributed by atoms with Crippen LogP contribution in [0.1, 0.15) is 32.4 Å². The van der Waals surface area contributed by atoms with Crippen LogP contribution in [0.2, 0.25) is 0 Å². The largest absolute Gasteiger partial charge is 0.374 e. The zero-order valence-corrected chi connectivity index (χ0v) is 13.2. The Labute approximate surface area is 126 Å². The van der Waals surface area contributed by atoms with Crippen LogP contribution in [-0.4, -0.2) is 34.6 Å². The van der Waals surface area contributed by atoms with Crippen LogP contribution in [0.5, 0.6) is 0 Å². The molecule has 2 heterocycles. The minimum Gasteiger partial charge on any atom is -0.374 e. The van der Waals surface area contributed by atoms with Crippen molar-refractivity contribution in [2.45, 2.75) is 51.4 Å². The number of para-hydroxylation sites is 1. The summed E-state index contributed by atoms with van der Waals surface area (Å²) in [5, 5.41) is 9.57. The third-order valence-electron chi connectivity index (χ3n) is 4.43. The molecule has 0 saturated carbocycles. The van der Waals surface area contributed by atoms with Gasteiger partial charge in [-0.2, -0.15) is 5.10 Å². The normalized spacial score (nSPS) is 23.8. The van der Waals surface area contributed by atoms with Gasteiger partial charge in [-0.05, 0) is 32.4 Å². The Balaban J connectivity index is 1.84. The third kappa shape index (κ3) is 2.97. The summed E-state index contributed by atoms with van der Waals surface area (Å²) in [5.74, 6) is 0. The van der Waals surface area contributed by atoms with Gasteiger partial charge in [-0.1, -0.05) is 25.1 Å². The van der Waals surface area contributed by atoms with Gasteiger partial charge in [0.1, 0.15) is 0 Å². The maximum absolute atomic E-state index is 6.07. The maximum Gasteiger partial charge on any atom is 0.0736 e. The second-order valence-corrected chi connectivity index (χ2v) is 6.02. The zero-order valence-electron chi connectivity index (χ0n) is 13.2. The lowest BCUT2D eigenvalue weighted by atomic mass is 10.0. The van der Waals surface area contributed by atoms with E-state index in [9.17, 15) is 0 Å². The first kappa shape index (κ1) is 14.5. The number of benzene rings is 1. The van der Waals surface area contributed by atoms with Gasteiger partial charge in [0.05, 0.1) is 23.4 Å². The van der Waals surface area contributed by atoms with Gasteiger partial charge in [0.25, 0.3) is 0 Å². The van der Waals surface area contributed by atoms with Crippen molar-refractivity contribution < 1.29 is 4.74 Å². The highest BCUT2D eigenvalue weighted by Crippen LogP contribution is 2.25. The van der Waals surface area contributed by atoms with Gasteiger partial charge >= 0.3 is 0 Å². The van der Waals surface area contributed by atoms with Crippen LogP contribution in [0.15, 0.2) is 24.3 Å². The zero-order chi connectivity index (χ0) is 14.8. The molecule has 0 spiro atoms. The Hall–Kier alpha value is -1.39. The van der Waals surface area contributed by atoms with E-state index in [4.69, 9.17) is 9.84 Å². The Morgan fingerprint density at radius 3 is 2.90 bits per heavy atom. The number of ether oxygens (including phenoxy) is 1. The summed E-state index contributed by atoms with van der Waals surface area (Å²) in [6.45, 7) is 5.28. The van der Waals surface area contributed by atoms with Crippen LogP contribution in [0, 0.1) is 0 Å². The van der Waals surface area contributed by atoms with Gasteiger partial charge < -0.3 is 10.1 Å². The number of aromatic nitrogens is 2. The van der Waals surface area contributed by atoms with Crippen LogP contribution >= 0.6 is 0 Å². The van der Waals surface area contributed by atoms with Crippen molar-refractivity contribution in [3.63, 3.8) is 0 Å². The molecule has 0 radical (unpaired) electrons. The van der Waals surface area contributed by atoms with Crippen molar-refractivity contribution >= 4 is 10.9 Å². The molecule has 1 aliphatic rings. The van der Waals surface area contributed by atoms with E-state index in [1.54, 1.807) is 0 Å². The van der Waals surface area contributed by atoms with E-state index in [0.717, 1.165) is 25.8 Å². The lowest BCUT2D eigenvalue weighted by molar-refractivity contribution is 0.0322. The predicted molar refractivity (Wildman–Crippen MR) is 85.5 cm³/mol. The molecule has 1 aromatic carbocycles. The monoisotopic (exact) mass is 287 g/mol. The molecule has 0 amide bonds. The van der Waals surface area contributed by atoms with E-state index in [1.807, 2.05) is 11.7 Å². The molecule has 4 heteroatoms. The summed E-state index contributed by atoms with van der Waals surface area (Å²) < 4.78 is 8.05. The molecule has 3 rings (SSSR count). The van der Waals surface area contributed by atoms with Crippen molar-refractivity contribution in [3.05, 3.63) is 30.0 Å². The van der Waals surface area contributed by atoms with Crippen LogP contribution in [0.3, 0.4) is 0 Å². The fraction of sp³-hybridized carbons (Fsp3) is 0.588. The van der Waals surface area contributed by atoms with Gasteiger partial charge in [0.2, 0.25) is 0 Å². The maximum atomic E-state index is 6.07. The number of aryl methyl sites for hydroxylation is 1. The first-order valence-corrected chi connectivity index (χ1v) is 7.98. The molecule has 4 nitrogen and oxygen atoms in total. The van der Waals surface area contributed by atoms with Crippen LogP contribution in [0.25, 0.3) is 10.9 Å². The average Bonchev–Trinajstić information content (AvgIpc) is 3.04. The van der Waals surface area contributed by atoms with Crippen LogP contribution in [-0.2, 0) is 18.2 Å². The average molecular weight is 287 g/mol. The van der Waals surface area contributed by atoms with Gasteiger partial charge in [0.15, 0.2) is 0 Å². The highest BCUT2D eigenvalue weighted by molar-refractivity contribution is 5.81. The van der Waals surface area contributed by atoms with Gasteiger partial charge in [0, 0.05) is 24.9 Å². The predicted octanol–water partition coefficient (Wildman–Crippen LogP) is 2.66. The number of nitrogens with one attached hydrogen (secondary N) is 1. The van der Waals surface area contributed by atoms with E-state index in [1.165, 1.54) is 16.6 Å². The summed E-state index contributed by atoms with van der Waals surface area (Å²) in [7, 11) is 2.02. The van der Waals surface area contributed by atoms with Crippen molar-refractivity contribution in [1.29, 1.82) is 0 Å². The molecule has 0 bridgehead atoms. The SMILES string of the molecule is CCNC(Cc1nn(C)c2ccccc12)C1CCC(C)O1. The molecular formula is C17H25N3O. The molecule has 1 N–H and O–H groups in total. The second-order valence-electron chi connectivity index (χ2n) is 6.02. The fourth-order valence-corrected chi connectivity index (χ4v) is 3.37. The van der Waals surface area contributed by atoms with E-state index in [0.29, 0.717) is 18.2 Å². The minimum absolute atomic E-state index is 0.306. The summed E-state index contributed by atoms with van der Waals surface area (Å²) in [6.07, 6.45) is 3.92. The molecule has 21 heavy (non-hydrogen) atoms. The van der Waals surface area contributed by atoms with Crippen molar-refractivity contribution in [2.75, 3.05) is 6.54 Å². The molecule has 1 aliphatic heterocycles. The third-order valence-corrected chi connectivity index (χ3v) is 4.43. The van der Waals surface area contributed by atoms with Crippen molar-refractivity contribution in [1.82, 2.24) is 15.1 Å². The quantitative estimate of drug-likeness (QED) is 0.919. The number of hydrogen-bond donors (Lipinski definition) is 1. The van der Waals surface area contributed by atoms with Crippen LogP contribution in [0.4, 0.5) is 0 Å². The molecule has 3 unspecified atom stereocenters. The Bertz CT molecular complexity index is 607. The Morgan fingerprint density at radius 2 is 2.19 bits per heavy atom. The van der Waals surface area contributed by atoms with E-state index in [-0.39, 0.29) is 0 Å². The highest BCUT2D eigenvalue weighted by atomic mass is 16.5. The number of rotatable bonds is 5. The summed E-state index contributed by atoms with van der Waals surface area (Å²) in [5.41, 5.74) is 2.37. The number of hydrogen-bond acceptors (Lipinski definition) is 3. The molecule has 1 fully saturated rings. The summed E-state index contributed by atoms with van der Waals surface area (Å²) >= 11 is 0.